The number of pyridine rings is 1. The van der Waals surface area contributed by atoms with Crippen molar-refractivity contribution in [2.45, 2.75) is 44.7 Å². The average Bonchev–Trinajstić information content (AvgIpc) is 3.25. The van der Waals surface area contributed by atoms with Crippen molar-refractivity contribution in [3.63, 3.8) is 0 Å². The Kier molecular flexibility index (Phi) is 5.06. The maximum atomic E-state index is 14.2. The van der Waals surface area contributed by atoms with E-state index in [0.29, 0.717) is 25.3 Å². The van der Waals surface area contributed by atoms with Crippen LogP contribution in [0.2, 0.25) is 0 Å². The topological polar surface area (TPSA) is 59.5 Å². The van der Waals surface area contributed by atoms with Crippen LogP contribution in [0.3, 0.4) is 0 Å². The van der Waals surface area contributed by atoms with Crippen LogP contribution in [0.15, 0.2) is 42.6 Å². The summed E-state index contributed by atoms with van der Waals surface area (Å²) in [4.78, 5) is 31.4. The molecule has 0 spiro atoms. The Labute approximate surface area is 167 Å². The minimum Gasteiger partial charge on any atom is -0.465 e. The summed E-state index contributed by atoms with van der Waals surface area (Å²) in [7, 11) is 0. The summed E-state index contributed by atoms with van der Waals surface area (Å²) in [6.45, 7) is 2.00. The highest BCUT2D eigenvalue weighted by Gasteiger charge is 2.62. The first-order chi connectivity index (χ1) is 14.0. The van der Waals surface area contributed by atoms with Crippen molar-refractivity contribution >= 4 is 11.9 Å². The Hall–Kier alpha value is -2.83. The van der Waals surface area contributed by atoms with Gasteiger partial charge in [-0.15, -0.1) is 0 Å². The number of fused-ring (bicyclic) bond motifs is 2. The van der Waals surface area contributed by atoms with E-state index in [1.807, 2.05) is 30.3 Å². The third-order valence-electron chi connectivity index (χ3n) is 6.03. The lowest BCUT2D eigenvalue weighted by atomic mass is 9.70. The maximum Gasteiger partial charge on any atom is 0.314 e. The summed E-state index contributed by atoms with van der Waals surface area (Å²) in [5.41, 5.74) is -0.318. The van der Waals surface area contributed by atoms with E-state index in [4.69, 9.17) is 4.74 Å². The van der Waals surface area contributed by atoms with Gasteiger partial charge in [0.1, 0.15) is 5.82 Å². The first kappa shape index (κ1) is 19.5. The molecule has 2 bridgehead atoms. The van der Waals surface area contributed by atoms with Gasteiger partial charge in [0, 0.05) is 18.2 Å². The SMILES string of the molecule is CCOC(=O)[C@@]1(Cc2ccccc2)C[C@H]2CC[C@@H]1N2C(=O)c1ncc(F)cc1F. The molecule has 1 amide bonds. The van der Waals surface area contributed by atoms with E-state index in [9.17, 15) is 18.4 Å². The molecule has 7 heteroatoms. The molecule has 152 valence electrons. The molecule has 0 unspecified atom stereocenters. The molecule has 5 nitrogen and oxygen atoms in total. The molecule has 2 saturated heterocycles. The number of rotatable bonds is 5. The lowest BCUT2D eigenvalue weighted by Crippen LogP contribution is -2.47. The van der Waals surface area contributed by atoms with E-state index >= 15 is 0 Å². The molecule has 1 aromatic carbocycles. The highest BCUT2D eigenvalue weighted by Crippen LogP contribution is 2.52. The summed E-state index contributed by atoms with van der Waals surface area (Å²) >= 11 is 0. The van der Waals surface area contributed by atoms with Crippen molar-refractivity contribution < 1.29 is 23.1 Å². The predicted octanol–water partition coefficient (Wildman–Crippen LogP) is 3.53. The predicted molar refractivity (Wildman–Crippen MR) is 101 cm³/mol. The minimum absolute atomic E-state index is 0.202. The third kappa shape index (κ3) is 3.28. The largest absolute Gasteiger partial charge is 0.465 e. The van der Waals surface area contributed by atoms with E-state index in [2.05, 4.69) is 4.98 Å². The number of benzene rings is 1. The lowest BCUT2D eigenvalue weighted by Gasteiger charge is -2.35. The van der Waals surface area contributed by atoms with Crippen LogP contribution in [-0.4, -0.2) is 40.5 Å². The smallest absolute Gasteiger partial charge is 0.314 e. The second-order valence-electron chi connectivity index (χ2n) is 7.69. The molecule has 2 aromatic rings. The number of carbonyl (C=O) groups is 2. The first-order valence-electron chi connectivity index (χ1n) is 9.81. The molecule has 29 heavy (non-hydrogen) atoms. The molecule has 0 saturated carbocycles. The molecule has 2 aliphatic heterocycles. The third-order valence-corrected chi connectivity index (χ3v) is 6.03. The van der Waals surface area contributed by atoms with Gasteiger partial charge >= 0.3 is 5.97 Å². The Balaban J connectivity index is 1.70. The fourth-order valence-corrected chi connectivity index (χ4v) is 4.90. The van der Waals surface area contributed by atoms with Crippen molar-refractivity contribution in [2.24, 2.45) is 5.41 Å². The molecule has 4 rings (SSSR count). The van der Waals surface area contributed by atoms with E-state index in [1.54, 1.807) is 11.8 Å². The first-order valence-corrected chi connectivity index (χ1v) is 9.81. The Bertz CT molecular complexity index is 937. The van der Waals surface area contributed by atoms with Crippen molar-refractivity contribution in [3.05, 3.63) is 65.5 Å². The van der Waals surface area contributed by atoms with Crippen LogP contribution >= 0.6 is 0 Å². The number of amides is 1. The van der Waals surface area contributed by atoms with Gasteiger partial charge in [-0.1, -0.05) is 30.3 Å². The van der Waals surface area contributed by atoms with E-state index < -0.39 is 34.7 Å². The van der Waals surface area contributed by atoms with Gasteiger partial charge in [-0.05, 0) is 38.2 Å². The van der Waals surface area contributed by atoms with Gasteiger partial charge in [-0.25, -0.2) is 13.8 Å². The standard InChI is InChI=1S/C22H22F2N2O3/c1-2-29-21(28)22(11-14-6-4-3-5-7-14)12-16-8-9-18(22)26(16)20(27)19-17(24)10-15(23)13-25-19/h3-7,10,13,16,18H,2,8-9,11-12H2,1H3/t16-,18+,22+/m1/s1. The van der Waals surface area contributed by atoms with Gasteiger partial charge in [-0.2, -0.15) is 0 Å². The zero-order chi connectivity index (χ0) is 20.6. The highest BCUT2D eigenvalue weighted by atomic mass is 19.1. The van der Waals surface area contributed by atoms with E-state index in [1.165, 1.54) is 0 Å². The van der Waals surface area contributed by atoms with Crippen LogP contribution in [-0.2, 0) is 16.0 Å². The molecule has 0 radical (unpaired) electrons. The second-order valence-corrected chi connectivity index (χ2v) is 7.69. The molecule has 2 aliphatic rings. The zero-order valence-corrected chi connectivity index (χ0v) is 16.1. The van der Waals surface area contributed by atoms with Crippen LogP contribution in [0, 0.1) is 17.0 Å². The van der Waals surface area contributed by atoms with E-state index in [0.717, 1.165) is 18.2 Å². The number of esters is 1. The van der Waals surface area contributed by atoms with E-state index in [-0.39, 0.29) is 18.6 Å². The lowest BCUT2D eigenvalue weighted by molar-refractivity contribution is -0.157. The number of ether oxygens (including phenoxy) is 1. The average molecular weight is 400 g/mol. The molecule has 2 fully saturated rings. The Morgan fingerprint density at radius 3 is 2.69 bits per heavy atom. The summed E-state index contributed by atoms with van der Waals surface area (Å²) in [6.07, 6.45) is 3.09. The normalized spacial score (nSPS) is 25.3. The van der Waals surface area contributed by atoms with Crippen LogP contribution in [0.1, 0.15) is 42.2 Å². The highest BCUT2D eigenvalue weighted by molar-refractivity contribution is 5.94. The van der Waals surface area contributed by atoms with Crippen molar-refractivity contribution in [3.8, 4) is 0 Å². The summed E-state index contributed by atoms with van der Waals surface area (Å²) in [6, 6.07) is 9.64. The van der Waals surface area contributed by atoms with Gasteiger partial charge in [0.2, 0.25) is 0 Å². The van der Waals surface area contributed by atoms with Gasteiger partial charge in [-0.3, -0.25) is 9.59 Å². The Morgan fingerprint density at radius 2 is 2.00 bits per heavy atom. The summed E-state index contributed by atoms with van der Waals surface area (Å²) in [5.74, 6) is -2.77. The van der Waals surface area contributed by atoms with Crippen molar-refractivity contribution in [2.75, 3.05) is 6.61 Å². The number of nitrogens with zero attached hydrogens (tertiary/aromatic N) is 2. The fourth-order valence-electron chi connectivity index (χ4n) is 4.90. The molecule has 3 atom stereocenters. The van der Waals surface area contributed by atoms with Crippen LogP contribution in [0.4, 0.5) is 8.78 Å². The van der Waals surface area contributed by atoms with Gasteiger partial charge in [0.05, 0.1) is 18.2 Å². The minimum atomic E-state index is -0.994. The van der Waals surface area contributed by atoms with Crippen LogP contribution < -0.4 is 0 Å². The van der Waals surface area contributed by atoms with Gasteiger partial charge in [0.25, 0.3) is 5.91 Å². The summed E-state index contributed by atoms with van der Waals surface area (Å²) in [5, 5.41) is 0. The van der Waals surface area contributed by atoms with Crippen molar-refractivity contribution in [1.82, 2.24) is 9.88 Å². The number of halogens is 2. The molecular formula is C22H22F2N2O3. The Morgan fingerprint density at radius 1 is 1.24 bits per heavy atom. The van der Waals surface area contributed by atoms with Crippen LogP contribution in [0.5, 0.6) is 0 Å². The number of carbonyl (C=O) groups excluding carboxylic acids is 2. The fraction of sp³-hybridized carbons (Fsp3) is 0.409. The second kappa shape index (κ2) is 7.54. The molecule has 1 aromatic heterocycles. The number of aromatic nitrogens is 1. The molecule has 0 N–H and O–H groups in total. The monoisotopic (exact) mass is 400 g/mol. The van der Waals surface area contributed by atoms with Gasteiger partial charge < -0.3 is 9.64 Å². The number of hydrogen-bond acceptors (Lipinski definition) is 4. The molecular weight excluding hydrogens is 378 g/mol. The maximum absolute atomic E-state index is 14.2. The van der Waals surface area contributed by atoms with Crippen molar-refractivity contribution in [1.29, 1.82) is 0 Å². The number of hydrogen-bond donors (Lipinski definition) is 0. The molecule has 3 heterocycles. The zero-order valence-electron chi connectivity index (χ0n) is 16.1. The van der Waals surface area contributed by atoms with Crippen LogP contribution in [0.25, 0.3) is 0 Å². The molecule has 0 aliphatic carbocycles. The summed E-state index contributed by atoms with van der Waals surface area (Å²) < 4.78 is 32.8. The quantitative estimate of drug-likeness (QED) is 0.721. The van der Waals surface area contributed by atoms with Gasteiger partial charge in [0.15, 0.2) is 11.5 Å².